The molecule has 1 unspecified atom stereocenters. The van der Waals surface area contributed by atoms with Crippen LogP contribution in [0.1, 0.15) is 29.7 Å². The molecule has 4 heteroatoms. The first-order valence-corrected chi connectivity index (χ1v) is 7.93. The Balaban J connectivity index is 1.97. The summed E-state index contributed by atoms with van der Waals surface area (Å²) in [6, 6.07) is 12.3. The van der Waals surface area contributed by atoms with E-state index in [0.717, 1.165) is 35.1 Å². The number of ether oxygens (including phenoxy) is 2. The van der Waals surface area contributed by atoms with Crippen LogP contribution >= 0.6 is 11.6 Å². The van der Waals surface area contributed by atoms with Gasteiger partial charge in [-0.3, -0.25) is 0 Å². The Bertz CT molecular complexity index is 672. The fraction of sp³-hybridized carbons (Fsp3) is 0.333. The van der Waals surface area contributed by atoms with Crippen molar-refractivity contribution in [2.75, 3.05) is 20.3 Å². The molecule has 0 spiro atoms. The molecule has 1 aliphatic heterocycles. The Hall–Kier alpha value is -1.71. The van der Waals surface area contributed by atoms with Crippen molar-refractivity contribution in [3.05, 3.63) is 58.1 Å². The number of fused-ring (bicyclic) bond motifs is 1. The number of halogens is 1. The average molecular weight is 318 g/mol. The first-order valence-electron chi connectivity index (χ1n) is 7.55. The molecule has 0 saturated heterocycles. The van der Waals surface area contributed by atoms with Crippen molar-refractivity contribution in [2.45, 2.75) is 19.4 Å². The van der Waals surface area contributed by atoms with E-state index in [0.29, 0.717) is 6.61 Å². The van der Waals surface area contributed by atoms with Gasteiger partial charge in [-0.1, -0.05) is 23.7 Å². The molecule has 1 heterocycles. The van der Waals surface area contributed by atoms with Crippen molar-refractivity contribution in [3.63, 3.8) is 0 Å². The molecular formula is C18H20ClNO2. The number of benzene rings is 2. The number of rotatable bonds is 4. The van der Waals surface area contributed by atoms with E-state index in [1.54, 1.807) is 7.11 Å². The van der Waals surface area contributed by atoms with Crippen molar-refractivity contribution in [3.8, 4) is 11.5 Å². The lowest BCUT2D eigenvalue weighted by molar-refractivity contribution is 0.339. The van der Waals surface area contributed by atoms with Crippen LogP contribution in [0.15, 0.2) is 36.4 Å². The van der Waals surface area contributed by atoms with E-state index in [9.17, 15) is 0 Å². The molecule has 1 N–H and O–H groups in total. The smallest absolute Gasteiger partial charge is 0.120 e. The Morgan fingerprint density at radius 1 is 1.14 bits per heavy atom. The van der Waals surface area contributed by atoms with Crippen LogP contribution in [0.2, 0.25) is 5.02 Å². The minimum Gasteiger partial charge on any atom is -0.497 e. The summed E-state index contributed by atoms with van der Waals surface area (Å²) >= 11 is 6.44. The van der Waals surface area contributed by atoms with Gasteiger partial charge in [-0.05, 0) is 54.3 Å². The van der Waals surface area contributed by atoms with E-state index in [-0.39, 0.29) is 6.04 Å². The fourth-order valence-electron chi connectivity index (χ4n) is 2.94. The van der Waals surface area contributed by atoms with Gasteiger partial charge in [0.05, 0.1) is 19.8 Å². The van der Waals surface area contributed by atoms with Crippen LogP contribution in [0, 0.1) is 0 Å². The quantitative estimate of drug-likeness (QED) is 0.925. The Morgan fingerprint density at radius 3 is 2.64 bits per heavy atom. The van der Waals surface area contributed by atoms with Crippen LogP contribution in [0.5, 0.6) is 11.5 Å². The summed E-state index contributed by atoms with van der Waals surface area (Å²) in [6.07, 6.45) is 1.00. The number of hydrogen-bond acceptors (Lipinski definition) is 3. The minimum atomic E-state index is 0.109. The van der Waals surface area contributed by atoms with E-state index in [4.69, 9.17) is 21.1 Å². The summed E-state index contributed by atoms with van der Waals surface area (Å²) in [6.45, 7) is 3.61. The van der Waals surface area contributed by atoms with Gasteiger partial charge >= 0.3 is 0 Å². The number of hydrogen-bond donors (Lipinski definition) is 1. The molecule has 3 nitrogen and oxygen atoms in total. The second-order valence-electron chi connectivity index (χ2n) is 5.32. The van der Waals surface area contributed by atoms with E-state index in [1.807, 2.05) is 31.2 Å². The molecule has 2 aromatic carbocycles. The van der Waals surface area contributed by atoms with Crippen LogP contribution in [0.25, 0.3) is 0 Å². The van der Waals surface area contributed by atoms with E-state index < -0.39 is 0 Å². The van der Waals surface area contributed by atoms with Gasteiger partial charge in [0.2, 0.25) is 0 Å². The lowest BCUT2D eigenvalue weighted by Crippen LogP contribution is -2.30. The molecule has 3 rings (SSSR count). The molecule has 1 aliphatic rings. The Labute approximate surface area is 136 Å². The normalized spacial score (nSPS) is 17.0. The summed E-state index contributed by atoms with van der Waals surface area (Å²) in [5, 5.41) is 4.28. The van der Waals surface area contributed by atoms with Crippen LogP contribution in [-0.4, -0.2) is 20.3 Å². The topological polar surface area (TPSA) is 30.5 Å². The molecule has 22 heavy (non-hydrogen) atoms. The zero-order chi connectivity index (χ0) is 15.5. The van der Waals surface area contributed by atoms with Gasteiger partial charge < -0.3 is 14.8 Å². The van der Waals surface area contributed by atoms with Crippen molar-refractivity contribution < 1.29 is 9.47 Å². The van der Waals surface area contributed by atoms with Crippen LogP contribution in [0.4, 0.5) is 0 Å². The van der Waals surface area contributed by atoms with Gasteiger partial charge in [0.25, 0.3) is 0 Å². The standard InChI is InChI=1S/C18H20ClNO2/c1-3-22-14-5-6-15-12(10-14)8-9-20-18(15)16-7-4-13(21-2)11-17(16)19/h4-7,10-11,18,20H,3,8-9H2,1-2H3. The van der Waals surface area contributed by atoms with Gasteiger partial charge in [-0.15, -0.1) is 0 Å². The van der Waals surface area contributed by atoms with E-state index in [1.165, 1.54) is 11.1 Å². The highest BCUT2D eigenvalue weighted by molar-refractivity contribution is 6.31. The van der Waals surface area contributed by atoms with Gasteiger partial charge in [0.15, 0.2) is 0 Å². The Kier molecular flexibility index (Phi) is 4.55. The molecular weight excluding hydrogens is 298 g/mol. The van der Waals surface area contributed by atoms with E-state index >= 15 is 0 Å². The average Bonchev–Trinajstić information content (AvgIpc) is 2.54. The molecule has 116 valence electrons. The van der Waals surface area contributed by atoms with Crippen molar-refractivity contribution >= 4 is 11.6 Å². The lowest BCUT2D eigenvalue weighted by atomic mass is 9.89. The van der Waals surface area contributed by atoms with Crippen LogP contribution in [0.3, 0.4) is 0 Å². The maximum Gasteiger partial charge on any atom is 0.120 e. The van der Waals surface area contributed by atoms with Gasteiger partial charge in [0.1, 0.15) is 11.5 Å². The maximum atomic E-state index is 6.44. The zero-order valence-corrected chi connectivity index (χ0v) is 13.6. The first kappa shape index (κ1) is 15.2. The van der Waals surface area contributed by atoms with Gasteiger partial charge in [-0.25, -0.2) is 0 Å². The molecule has 1 atom stereocenters. The zero-order valence-electron chi connectivity index (χ0n) is 12.9. The number of nitrogens with one attached hydrogen (secondary N) is 1. The largest absolute Gasteiger partial charge is 0.497 e. The third kappa shape index (κ3) is 2.92. The molecule has 0 fully saturated rings. The van der Waals surface area contributed by atoms with Crippen molar-refractivity contribution in [1.82, 2.24) is 5.32 Å². The highest BCUT2D eigenvalue weighted by Crippen LogP contribution is 2.35. The number of methoxy groups -OCH3 is 1. The van der Waals surface area contributed by atoms with Gasteiger partial charge in [0, 0.05) is 11.6 Å². The molecule has 0 radical (unpaired) electrons. The van der Waals surface area contributed by atoms with Crippen LogP contribution in [-0.2, 0) is 6.42 Å². The van der Waals surface area contributed by atoms with Gasteiger partial charge in [-0.2, -0.15) is 0 Å². The highest BCUT2D eigenvalue weighted by Gasteiger charge is 2.23. The van der Waals surface area contributed by atoms with Crippen molar-refractivity contribution in [1.29, 1.82) is 0 Å². The highest BCUT2D eigenvalue weighted by atomic mass is 35.5. The summed E-state index contributed by atoms with van der Waals surface area (Å²) in [5.74, 6) is 1.71. The third-order valence-corrected chi connectivity index (χ3v) is 4.33. The van der Waals surface area contributed by atoms with Crippen molar-refractivity contribution in [2.24, 2.45) is 0 Å². The monoisotopic (exact) mass is 317 g/mol. The SMILES string of the molecule is CCOc1ccc2c(c1)CCNC2c1ccc(OC)cc1Cl. The lowest BCUT2D eigenvalue weighted by Gasteiger charge is -2.28. The predicted octanol–water partition coefficient (Wildman–Crippen LogP) is 3.98. The second kappa shape index (κ2) is 6.59. The molecule has 0 aliphatic carbocycles. The third-order valence-electron chi connectivity index (χ3n) is 4.00. The summed E-state index contributed by atoms with van der Waals surface area (Å²) in [4.78, 5) is 0. The second-order valence-corrected chi connectivity index (χ2v) is 5.73. The molecule has 0 saturated carbocycles. The molecule has 0 amide bonds. The first-order chi connectivity index (χ1) is 10.7. The summed E-state index contributed by atoms with van der Waals surface area (Å²) in [5.41, 5.74) is 3.66. The summed E-state index contributed by atoms with van der Waals surface area (Å²) in [7, 11) is 1.65. The Morgan fingerprint density at radius 2 is 1.91 bits per heavy atom. The molecule has 0 bridgehead atoms. The maximum absolute atomic E-state index is 6.44. The molecule has 2 aromatic rings. The minimum absolute atomic E-state index is 0.109. The van der Waals surface area contributed by atoms with E-state index in [2.05, 4.69) is 17.4 Å². The predicted molar refractivity (Wildman–Crippen MR) is 89.2 cm³/mol. The molecule has 0 aromatic heterocycles. The summed E-state index contributed by atoms with van der Waals surface area (Å²) < 4.78 is 10.8. The van der Waals surface area contributed by atoms with Crippen LogP contribution < -0.4 is 14.8 Å². The fourth-order valence-corrected chi connectivity index (χ4v) is 3.22.